The van der Waals surface area contributed by atoms with Gasteiger partial charge in [0.1, 0.15) is 16.9 Å². The van der Waals surface area contributed by atoms with Crippen LogP contribution >= 0.6 is 23.4 Å². The Labute approximate surface area is 163 Å². The summed E-state index contributed by atoms with van der Waals surface area (Å²) in [6.45, 7) is 0. The normalized spacial score (nSPS) is 18.7. The Morgan fingerprint density at radius 3 is 2.50 bits per heavy atom. The van der Waals surface area contributed by atoms with E-state index in [2.05, 4.69) is 36.4 Å². The number of hydrogen-bond donors (Lipinski definition) is 0. The molecule has 0 fully saturated rings. The number of rotatable bonds is 4. The standard InChI is InChI=1S/C22H19ClO2S/c1-24-17-10-7-15(8-11-17)19-14-22(26-18-5-3-2-4-6-18)25-21-12-9-16(23)13-20(19)21/h2-13,19,22H,14H2,1H3/t19-,22-/m0/s1. The van der Waals surface area contributed by atoms with Gasteiger partial charge in [0, 0.05) is 27.8 Å². The number of benzene rings is 3. The number of methoxy groups -OCH3 is 1. The van der Waals surface area contributed by atoms with E-state index in [-0.39, 0.29) is 11.4 Å². The maximum absolute atomic E-state index is 6.27. The van der Waals surface area contributed by atoms with E-state index in [1.54, 1.807) is 18.9 Å². The lowest BCUT2D eigenvalue weighted by molar-refractivity contribution is 0.245. The van der Waals surface area contributed by atoms with Gasteiger partial charge in [-0.05, 0) is 48.0 Å². The van der Waals surface area contributed by atoms with Crippen LogP contribution in [0.25, 0.3) is 0 Å². The maximum Gasteiger partial charge on any atom is 0.149 e. The Hall–Kier alpha value is -2.10. The molecule has 0 bridgehead atoms. The Bertz CT molecular complexity index is 880. The first-order chi connectivity index (χ1) is 12.7. The number of fused-ring (bicyclic) bond motifs is 1. The molecule has 0 aromatic heterocycles. The predicted octanol–water partition coefficient (Wildman–Crippen LogP) is 6.38. The van der Waals surface area contributed by atoms with Crippen LogP contribution < -0.4 is 9.47 Å². The summed E-state index contributed by atoms with van der Waals surface area (Å²) in [6, 6.07) is 24.5. The summed E-state index contributed by atoms with van der Waals surface area (Å²) < 4.78 is 11.6. The van der Waals surface area contributed by atoms with E-state index < -0.39 is 0 Å². The highest BCUT2D eigenvalue weighted by Crippen LogP contribution is 2.45. The topological polar surface area (TPSA) is 18.5 Å². The highest BCUT2D eigenvalue weighted by atomic mass is 35.5. The molecular formula is C22H19ClO2S. The fourth-order valence-electron chi connectivity index (χ4n) is 3.28. The SMILES string of the molecule is COc1ccc([C@@H]2C[C@H](Sc3ccccc3)Oc3ccc(Cl)cc32)cc1. The van der Waals surface area contributed by atoms with E-state index in [0.717, 1.165) is 28.5 Å². The summed E-state index contributed by atoms with van der Waals surface area (Å²) in [5.41, 5.74) is 2.45. The first-order valence-corrected chi connectivity index (χ1v) is 9.80. The number of hydrogen-bond acceptors (Lipinski definition) is 3. The van der Waals surface area contributed by atoms with Gasteiger partial charge in [-0.15, -0.1) is 0 Å². The van der Waals surface area contributed by atoms with Gasteiger partial charge in [-0.2, -0.15) is 0 Å². The van der Waals surface area contributed by atoms with Gasteiger partial charge in [-0.3, -0.25) is 0 Å². The summed E-state index contributed by atoms with van der Waals surface area (Å²) in [6.07, 6.45) is 0.888. The molecule has 2 atom stereocenters. The van der Waals surface area contributed by atoms with Crippen molar-refractivity contribution in [2.75, 3.05) is 7.11 Å². The van der Waals surface area contributed by atoms with Crippen LogP contribution in [0.15, 0.2) is 77.7 Å². The molecule has 4 heteroatoms. The van der Waals surface area contributed by atoms with Crippen molar-refractivity contribution in [2.45, 2.75) is 22.7 Å². The van der Waals surface area contributed by atoms with E-state index in [1.807, 2.05) is 36.4 Å². The van der Waals surface area contributed by atoms with Crippen LogP contribution in [0.5, 0.6) is 11.5 Å². The van der Waals surface area contributed by atoms with E-state index in [1.165, 1.54) is 10.5 Å². The van der Waals surface area contributed by atoms with Crippen LogP contribution in [-0.2, 0) is 0 Å². The molecule has 0 saturated heterocycles. The quantitative estimate of drug-likeness (QED) is 0.521. The molecule has 0 unspecified atom stereocenters. The Morgan fingerprint density at radius 1 is 1.00 bits per heavy atom. The van der Waals surface area contributed by atoms with Crippen LogP contribution in [0.4, 0.5) is 0 Å². The minimum atomic E-state index is 0.0539. The summed E-state index contributed by atoms with van der Waals surface area (Å²) in [5, 5.41) is 0.736. The van der Waals surface area contributed by atoms with Gasteiger partial charge in [0.15, 0.2) is 0 Å². The zero-order valence-corrected chi connectivity index (χ0v) is 16.0. The Morgan fingerprint density at radius 2 is 1.77 bits per heavy atom. The van der Waals surface area contributed by atoms with Crippen LogP contribution in [0.3, 0.4) is 0 Å². The second kappa shape index (κ2) is 7.65. The van der Waals surface area contributed by atoms with Crippen LogP contribution in [0, 0.1) is 0 Å². The second-order valence-electron chi connectivity index (χ2n) is 6.22. The van der Waals surface area contributed by atoms with E-state index in [0.29, 0.717) is 0 Å². The van der Waals surface area contributed by atoms with Crippen LogP contribution in [0.1, 0.15) is 23.5 Å². The van der Waals surface area contributed by atoms with E-state index in [9.17, 15) is 0 Å². The first kappa shape index (κ1) is 17.3. The third kappa shape index (κ3) is 3.69. The summed E-state index contributed by atoms with van der Waals surface area (Å²) in [4.78, 5) is 1.21. The number of ether oxygens (including phenoxy) is 2. The fraction of sp³-hybridized carbons (Fsp3) is 0.182. The van der Waals surface area contributed by atoms with E-state index >= 15 is 0 Å². The van der Waals surface area contributed by atoms with Crippen molar-refractivity contribution in [3.63, 3.8) is 0 Å². The summed E-state index contributed by atoms with van der Waals surface area (Å²) in [5.74, 6) is 2.02. The molecule has 0 saturated carbocycles. The molecule has 0 amide bonds. The van der Waals surface area contributed by atoms with Gasteiger partial charge in [-0.1, -0.05) is 53.7 Å². The van der Waals surface area contributed by atoms with Crippen molar-refractivity contribution < 1.29 is 9.47 Å². The minimum Gasteiger partial charge on any atom is -0.497 e. The Kier molecular flexibility index (Phi) is 5.09. The zero-order valence-electron chi connectivity index (χ0n) is 14.4. The molecule has 3 aromatic rings. The number of thioether (sulfide) groups is 1. The molecule has 2 nitrogen and oxygen atoms in total. The molecule has 1 heterocycles. The van der Waals surface area contributed by atoms with Crippen molar-refractivity contribution in [1.82, 2.24) is 0 Å². The maximum atomic E-state index is 6.27. The molecule has 0 radical (unpaired) electrons. The third-order valence-electron chi connectivity index (χ3n) is 4.56. The van der Waals surface area contributed by atoms with Crippen molar-refractivity contribution in [3.8, 4) is 11.5 Å². The third-order valence-corrected chi connectivity index (χ3v) is 5.89. The van der Waals surface area contributed by atoms with E-state index in [4.69, 9.17) is 21.1 Å². The number of halogens is 1. The predicted molar refractivity (Wildman–Crippen MR) is 108 cm³/mol. The molecule has 3 aromatic carbocycles. The van der Waals surface area contributed by atoms with Gasteiger partial charge in [0.05, 0.1) is 7.11 Å². The highest BCUT2D eigenvalue weighted by Gasteiger charge is 2.30. The van der Waals surface area contributed by atoms with Crippen molar-refractivity contribution in [3.05, 3.63) is 88.9 Å². The largest absolute Gasteiger partial charge is 0.497 e. The van der Waals surface area contributed by atoms with Crippen molar-refractivity contribution in [1.29, 1.82) is 0 Å². The first-order valence-electron chi connectivity index (χ1n) is 8.54. The highest BCUT2D eigenvalue weighted by molar-refractivity contribution is 7.99. The zero-order chi connectivity index (χ0) is 17.9. The molecule has 4 rings (SSSR count). The molecular weight excluding hydrogens is 364 g/mol. The molecule has 0 aliphatic carbocycles. The summed E-state index contributed by atoms with van der Waals surface area (Å²) >= 11 is 8.02. The minimum absolute atomic E-state index is 0.0539. The van der Waals surface area contributed by atoms with Crippen LogP contribution in [-0.4, -0.2) is 12.5 Å². The second-order valence-corrected chi connectivity index (χ2v) is 7.89. The monoisotopic (exact) mass is 382 g/mol. The van der Waals surface area contributed by atoms with Gasteiger partial charge < -0.3 is 9.47 Å². The lowest BCUT2D eigenvalue weighted by Crippen LogP contribution is -2.23. The van der Waals surface area contributed by atoms with Gasteiger partial charge in [0.2, 0.25) is 0 Å². The molecule has 0 N–H and O–H groups in total. The van der Waals surface area contributed by atoms with Crippen LogP contribution in [0.2, 0.25) is 5.02 Å². The smallest absolute Gasteiger partial charge is 0.149 e. The molecule has 26 heavy (non-hydrogen) atoms. The van der Waals surface area contributed by atoms with Crippen molar-refractivity contribution >= 4 is 23.4 Å². The van der Waals surface area contributed by atoms with Gasteiger partial charge in [-0.25, -0.2) is 0 Å². The average Bonchev–Trinajstić information content (AvgIpc) is 2.68. The summed E-state index contributed by atoms with van der Waals surface area (Å²) in [7, 11) is 1.69. The lowest BCUT2D eigenvalue weighted by Gasteiger charge is -2.32. The molecule has 1 aliphatic rings. The van der Waals surface area contributed by atoms with Gasteiger partial charge >= 0.3 is 0 Å². The van der Waals surface area contributed by atoms with Crippen molar-refractivity contribution in [2.24, 2.45) is 0 Å². The average molecular weight is 383 g/mol. The fourth-order valence-corrected chi connectivity index (χ4v) is 4.52. The molecule has 0 spiro atoms. The molecule has 1 aliphatic heterocycles. The molecule has 132 valence electrons. The lowest BCUT2D eigenvalue weighted by atomic mass is 9.86. The Balaban J connectivity index is 1.67. The van der Waals surface area contributed by atoms with Gasteiger partial charge in [0.25, 0.3) is 0 Å².